The molecule has 5 heteroatoms. The number of benzene rings is 2. The first-order chi connectivity index (χ1) is 10.6. The van der Waals surface area contributed by atoms with E-state index in [4.69, 9.17) is 9.47 Å². The highest BCUT2D eigenvalue weighted by molar-refractivity contribution is 5.94. The van der Waals surface area contributed by atoms with Gasteiger partial charge in [0.1, 0.15) is 5.82 Å². The lowest BCUT2D eigenvalue weighted by molar-refractivity contribution is 0.0935. The van der Waals surface area contributed by atoms with Gasteiger partial charge in [-0.2, -0.15) is 0 Å². The van der Waals surface area contributed by atoms with Crippen molar-refractivity contribution in [3.05, 3.63) is 59.4 Å². The fraction of sp³-hybridized carbons (Fsp3) is 0.235. The Morgan fingerprint density at radius 1 is 1.09 bits per heavy atom. The summed E-state index contributed by atoms with van der Waals surface area (Å²) in [5.74, 6) is 0.186. The molecule has 1 N–H and O–H groups in total. The molecule has 22 heavy (non-hydrogen) atoms. The Morgan fingerprint density at radius 2 is 1.77 bits per heavy atom. The van der Waals surface area contributed by atoms with Crippen LogP contribution in [0.4, 0.5) is 4.39 Å². The van der Waals surface area contributed by atoms with E-state index < -0.39 is 11.7 Å². The van der Waals surface area contributed by atoms with Crippen molar-refractivity contribution in [3.8, 4) is 11.5 Å². The van der Waals surface area contributed by atoms with Gasteiger partial charge in [-0.15, -0.1) is 0 Å². The number of halogens is 1. The Morgan fingerprint density at radius 3 is 2.41 bits per heavy atom. The Kier molecular flexibility index (Phi) is 4.99. The van der Waals surface area contributed by atoms with Crippen LogP contribution in [0.25, 0.3) is 0 Å². The summed E-state index contributed by atoms with van der Waals surface area (Å²) in [5, 5.41) is 2.77. The van der Waals surface area contributed by atoms with Gasteiger partial charge in [-0.1, -0.05) is 18.2 Å². The van der Waals surface area contributed by atoms with Crippen LogP contribution >= 0.6 is 0 Å². The molecule has 0 heterocycles. The summed E-state index contributed by atoms with van der Waals surface area (Å²) in [4.78, 5) is 12.1. The Labute approximate surface area is 128 Å². The Hall–Kier alpha value is -2.56. The molecule has 0 aliphatic carbocycles. The molecule has 0 bridgehead atoms. The van der Waals surface area contributed by atoms with Gasteiger partial charge >= 0.3 is 0 Å². The van der Waals surface area contributed by atoms with Gasteiger partial charge < -0.3 is 14.8 Å². The fourth-order valence-corrected chi connectivity index (χ4v) is 2.13. The van der Waals surface area contributed by atoms with E-state index in [-0.39, 0.29) is 11.6 Å². The molecule has 1 atom stereocenters. The normalized spacial score (nSPS) is 11.6. The third kappa shape index (κ3) is 3.36. The first-order valence-corrected chi connectivity index (χ1v) is 6.84. The van der Waals surface area contributed by atoms with Gasteiger partial charge in [0, 0.05) is 0 Å². The second-order valence-electron chi connectivity index (χ2n) is 4.79. The molecule has 116 valence electrons. The summed E-state index contributed by atoms with van der Waals surface area (Å²) in [6.07, 6.45) is 0. The van der Waals surface area contributed by atoms with Gasteiger partial charge in [-0.3, -0.25) is 4.79 Å². The van der Waals surface area contributed by atoms with Crippen LogP contribution in [0.1, 0.15) is 28.9 Å². The molecule has 1 amide bonds. The zero-order valence-electron chi connectivity index (χ0n) is 12.7. The fourth-order valence-electron chi connectivity index (χ4n) is 2.13. The van der Waals surface area contributed by atoms with Gasteiger partial charge in [0.25, 0.3) is 5.91 Å². The van der Waals surface area contributed by atoms with E-state index in [0.29, 0.717) is 11.5 Å². The zero-order valence-corrected chi connectivity index (χ0v) is 12.7. The molecule has 4 nitrogen and oxygen atoms in total. The van der Waals surface area contributed by atoms with Gasteiger partial charge in [0.2, 0.25) is 0 Å². The summed E-state index contributed by atoms with van der Waals surface area (Å²) < 4.78 is 24.0. The van der Waals surface area contributed by atoms with Crippen molar-refractivity contribution in [3.63, 3.8) is 0 Å². The van der Waals surface area contributed by atoms with Crippen molar-refractivity contribution in [1.82, 2.24) is 5.32 Å². The highest BCUT2D eigenvalue weighted by atomic mass is 19.1. The lowest BCUT2D eigenvalue weighted by Gasteiger charge is -2.16. The van der Waals surface area contributed by atoms with Gasteiger partial charge in [0.05, 0.1) is 25.8 Å². The SMILES string of the molecule is COc1ccc([C@H](C)NC(=O)c2ccccc2F)cc1OC. The largest absolute Gasteiger partial charge is 0.493 e. The van der Waals surface area contributed by atoms with Crippen LogP contribution < -0.4 is 14.8 Å². The molecule has 0 aromatic heterocycles. The maximum absolute atomic E-state index is 13.6. The lowest BCUT2D eigenvalue weighted by Crippen LogP contribution is -2.27. The summed E-state index contributed by atoms with van der Waals surface area (Å²) in [6, 6.07) is 11.0. The number of rotatable bonds is 5. The zero-order chi connectivity index (χ0) is 16.1. The summed E-state index contributed by atoms with van der Waals surface area (Å²) in [7, 11) is 3.10. The molecule has 0 unspecified atom stereocenters. The number of amides is 1. The predicted octanol–water partition coefficient (Wildman–Crippen LogP) is 3.33. The molecule has 0 saturated carbocycles. The summed E-state index contributed by atoms with van der Waals surface area (Å²) in [6.45, 7) is 1.82. The number of hydrogen-bond acceptors (Lipinski definition) is 3. The van der Waals surface area contributed by atoms with Crippen LogP contribution in [-0.2, 0) is 0 Å². The smallest absolute Gasteiger partial charge is 0.254 e. The number of ether oxygens (including phenoxy) is 2. The van der Waals surface area contributed by atoms with Crippen LogP contribution in [0, 0.1) is 5.82 Å². The van der Waals surface area contributed by atoms with Crippen molar-refractivity contribution >= 4 is 5.91 Å². The van der Waals surface area contributed by atoms with Crippen LogP contribution in [0.2, 0.25) is 0 Å². The molecule has 2 aromatic carbocycles. The number of carbonyl (C=O) groups is 1. The van der Waals surface area contributed by atoms with Crippen LogP contribution in [-0.4, -0.2) is 20.1 Å². The van der Waals surface area contributed by atoms with Crippen LogP contribution in [0.15, 0.2) is 42.5 Å². The number of carbonyl (C=O) groups excluding carboxylic acids is 1. The van der Waals surface area contributed by atoms with E-state index in [2.05, 4.69) is 5.32 Å². The average Bonchev–Trinajstić information content (AvgIpc) is 2.54. The molecular formula is C17H18FNO3. The Balaban J connectivity index is 2.17. The molecule has 0 radical (unpaired) electrons. The molecule has 0 saturated heterocycles. The summed E-state index contributed by atoms with van der Waals surface area (Å²) >= 11 is 0. The number of nitrogens with one attached hydrogen (secondary N) is 1. The molecule has 0 spiro atoms. The number of hydrogen-bond donors (Lipinski definition) is 1. The Bertz CT molecular complexity index is 673. The topological polar surface area (TPSA) is 47.6 Å². The minimum absolute atomic E-state index is 0.0230. The van der Waals surface area contributed by atoms with E-state index in [0.717, 1.165) is 5.56 Å². The molecule has 0 aliphatic heterocycles. The van der Waals surface area contributed by atoms with Crippen molar-refractivity contribution in [2.45, 2.75) is 13.0 Å². The lowest BCUT2D eigenvalue weighted by atomic mass is 10.1. The molecular weight excluding hydrogens is 285 g/mol. The molecule has 0 aliphatic rings. The first-order valence-electron chi connectivity index (χ1n) is 6.84. The van der Waals surface area contributed by atoms with E-state index in [1.54, 1.807) is 38.5 Å². The van der Waals surface area contributed by atoms with E-state index in [1.165, 1.54) is 12.1 Å². The second-order valence-corrected chi connectivity index (χ2v) is 4.79. The third-order valence-corrected chi connectivity index (χ3v) is 3.37. The maximum atomic E-state index is 13.6. The highest BCUT2D eigenvalue weighted by Crippen LogP contribution is 2.29. The summed E-state index contributed by atoms with van der Waals surface area (Å²) in [5.41, 5.74) is 0.858. The standard InChI is InChI=1S/C17H18FNO3/c1-11(12-8-9-15(21-2)16(10-12)22-3)19-17(20)13-6-4-5-7-14(13)18/h4-11H,1-3H3,(H,19,20)/t11-/m0/s1. The number of methoxy groups -OCH3 is 2. The maximum Gasteiger partial charge on any atom is 0.254 e. The van der Waals surface area contributed by atoms with Crippen molar-refractivity contribution in [1.29, 1.82) is 0 Å². The van der Waals surface area contributed by atoms with E-state index in [1.807, 2.05) is 13.0 Å². The minimum atomic E-state index is -0.542. The van der Waals surface area contributed by atoms with Gasteiger partial charge in [-0.25, -0.2) is 4.39 Å². The molecule has 2 aromatic rings. The molecule has 2 rings (SSSR count). The van der Waals surface area contributed by atoms with Crippen LogP contribution in [0.5, 0.6) is 11.5 Å². The van der Waals surface area contributed by atoms with E-state index >= 15 is 0 Å². The van der Waals surface area contributed by atoms with Crippen molar-refractivity contribution < 1.29 is 18.7 Å². The highest BCUT2D eigenvalue weighted by Gasteiger charge is 2.16. The monoisotopic (exact) mass is 303 g/mol. The van der Waals surface area contributed by atoms with Crippen molar-refractivity contribution in [2.24, 2.45) is 0 Å². The predicted molar refractivity (Wildman–Crippen MR) is 81.8 cm³/mol. The quantitative estimate of drug-likeness (QED) is 0.921. The second kappa shape index (κ2) is 6.93. The van der Waals surface area contributed by atoms with E-state index in [9.17, 15) is 9.18 Å². The third-order valence-electron chi connectivity index (χ3n) is 3.37. The van der Waals surface area contributed by atoms with Gasteiger partial charge in [-0.05, 0) is 36.8 Å². The molecule has 0 fully saturated rings. The first kappa shape index (κ1) is 15.8. The van der Waals surface area contributed by atoms with Gasteiger partial charge in [0.15, 0.2) is 11.5 Å². The van der Waals surface area contributed by atoms with Crippen molar-refractivity contribution in [2.75, 3.05) is 14.2 Å². The van der Waals surface area contributed by atoms with Crippen LogP contribution in [0.3, 0.4) is 0 Å². The minimum Gasteiger partial charge on any atom is -0.493 e. The average molecular weight is 303 g/mol.